The van der Waals surface area contributed by atoms with Gasteiger partial charge in [-0.2, -0.15) is 0 Å². The number of hydrogen-bond acceptors (Lipinski definition) is 1. The molecule has 0 radical (unpaired) electrons. The van der Waals surface area contributed by atoms with Gasteiger partial charge in [-0.15, -0.1) is 0 Å². The molecule has 1 aliphatic heterocycles. The van der Waals surface area contributed by atoms with E-state index in [1.807, 2.05) is 12.1 Å². The summed E-state index contributed by atoms with van der Waals surface area (Å²) in [5, 5.41) is 2.41. The normalized spacial score (nSPS) is 17.6. The average molecular weight is 399 g/mol. The first-order valence-electron chi connectivity index (χ1n) is 9.59. The van der Waals surface area contributed by atoms with Crippen molar-refractivity contribution in [2.75, 3.05) is 19.6 Å². The minimum Gasteiger partial charge on any atom is -0.361 e. The van der Waals surface area contributed by atoms with Crippen molar-refractivity contribution in [3.8, 4) is 0 Å². The van der Waals surface area contributed by atoms with Crippen LogP contribution in [0, 0.1) is 0 Å². The Bertz CT molecular complexity index is 930. The van der Waals surface area contributed by atoms with Crippen LogP contribution >= 0.6 is 23.2 Å². The number of hydrogen-bond donors (Lipinski definition) is 1. The van der Waals surface area contributed by atoms with Gasteiger partial charge in [0.15, 0.2) is 0 Å². The molecule has 0 bridgehead atoms. The van der Waals surface area contributed by atoms with Gasteiger partial charge in [0.05, 0.1) is 10.0 Å². The zero-order valence-corrected chi connectivity index (χ0v) is 16.8. The molecule has 1 aliphatic rings. The van der Waals surface area contributed by atoms with Crippen LogP contribution in [0.15, 0.2) is 60.8 Å². The maximum absolute atomic E-state index is 6.18. The predicted octanol–water partition coefficient (Wildman–Crippen LogP) is 6.45. The standard InChI is InChI=1S/C23H24Cl2N2/c24-21-13-20-18(15-26-23(20)14-22(21)25)9-4-5-11-27-12-6-10-19(16-27)17-7-2-1-3-8-17/h1-3,6-8,10,13-15,19,26H,4-5,9,11-12,16H2. The zero-order chi connectivity index (χ0) is 18.6. The van der Waals surface area contributed by atoms with Crippen molar-refractivity contribution in [1.82, 2.24) is 9.88 Å². The van der Waals surface area contributed by atoms with Crippen molar-refractivity contribution < 1.29 is 0 Å². The van der Waals surface area contributed by atoms with E-state index < -0.39 is 0 Å². The van der Waals surface area contributed by atoms with E-state index >= 15 is 0 Å². The molecule has 2 aromatic carbocycles. The second-order valence-electron chi connectivity index (χ2n) is 7.29. The fraction of sp³-hybridized carbons (Fsp3) is 0.304. The fourth-order valence-corrected chi connectivity index (χ4v) is 4.25. The van der Waals surface area contributed by atoms with E-state index in [2.05, 4.69) is 58.6 Å². The van der Waals surface area contributed by atoms with Gasteiger partial charge in [-0.3, -0.25) is 4.90 Å². The Balaban J connectivity index is 1.29. The summed E-state index contributed by atoms with van der Waals surface area (Å²) in [5.41, 5.74) is 3.79. The van der Waals surface area contributed by atoms with E-state index in [1.165, 1.54) is 29.4 Å². The summed E-state index contributed by atoms with van der Waals surface area (Å²) in [6.07, 6.45) is 10.2. The van der Waals surface area contributed by atoms with Crippen LogP contribution in [0.25, 0.3) is 10.9 Å². The first-order chi connectivity index (χ1) is 13.2. The van der Waals surface area contributed by atoms with Crippen molar-refractivity contribution in [3.05, 3.63) is 82.0 Å². The lowest BCUT2D eigenvalue weighted by molar-refractivity contribution is 0.278. The van der Waals surface area contributed by atoms with Gasteiger partial charge in [-0.1, -0.05) is 65.7 Å². The third kappa shape index (κ3) is 4.40. The molecule has 2 heterocycles. The number of aromatic nitrogens is 1. The van der Waals surface area contributed by atoms with Crippen LogP contribution in [0.3, 0.4) is 0 Å². The number of unbranched alkanes of at least 4 members (excludes halogenated alkanes) is 1. The number of aromatic amines is 1. The summed E-state index contributed by atoms with van der Waals surface area (Å²) in [6, 6.07) is 14.7. The highest BCUT2D eigenvalue weighted by molar-refractivity contribution is 6.42. The molecular weight excluding hydrogens is 375 g/mol. The van der Waals surface area contributed by atoms with Crippen LogP contribution in [-0.4, -0.2) is 29.5 Å². The Kier molecular flexibility index (Phi) is 5.87. The first-order valence-corrected chi connectivity index (χ1v) is 10.4. The van der Waals surface area contributed by atoms with E-state index in [4.69, 9.17) is 23.2 Å². The van der Waals surface area contributed by atoms with E-state index in [9.17, 15) is 0 Å². The maximum Gasteiger partial charge on any atom is 0.0613 e. The molecule has 1 atom stereocenters. The molecule has 4 heteroatoms. The molecule has 1 N–H and O–H groups in total. The summed E-state index contributed by atoms with van der Waals surface area (Å²) in [7, 11) is 0. The van der Waals surface area contributed by atoms with E-state index in [0.717, 1.165) is 31.6 Å². The SMILES string of the molecule is Clc1cc2[nH]cc(CCCCN3CC=CC(c4ccccc4)C3)c2cc1Cl. The Morgan fingerprint density at radius 1 is 1.04 bits per heavy atom. The van der Waals surface area contributed by atoms with Gasteiger partial charge in [-0.05, 0) is 49.1 Å². The lowest BCUT2D eigenvalue weighted by Crippen LogP contribution is -2.32. The lowest BCUT2D eigenvalue weighted by Gasteiger charge is -2.29. The fourth-order valence-electron chi connectivity index (χ4n) is 3.92. The van der Waals surface area contributed by atoms with Crippen LogP contribution in [0.4, 0.5) is 0 Å². The summed E-state index contributed by atoms with van der Waals surface area (Å²) in [4.78, 5) is 5.87. The number of benzene rings is 2. The van der Waals surface area contributed by atoms with Gasteiger partial charge < -0.3 is 4.98 Å². The quantitative estimate of drug-likeness (QED) is 0.373. The Hall–Kier alpha value is -1.74. The van der Waals surface area contributed by atoms with Crippen LogP contribution < -0.4 is 0 Å². The number of halogens is 2. The molecule has 1 unspecified atom stereocenters. The molecule has 0 aliphatic carbocycles. The topological polar surface area (TPSA) is 19.0 Å². The number of nitrogens with one attached hydrogen (secondary N) is 1. The van der Waals surface area contributed by atoms with Gasteiger partial charge in [-0.25, -0.2) is 0 Å². The van der Waals surface area contributed by atoms with Crippen molar-refractivity contribution in [2.24, 2.45) is 0 Å². The minimum absolute atomic E-state index is 0.514. The molecule has 4 rings (SSSR count). The van der Waals surface area contributed by atoms with Gasteiger partial charge in [0.1, 0.15) is 0 Å². The van der Waals surface area contributed by atoms with Crippen molar-refractivity contribution >= 4 is 34.1 Å². The molecule has 1 aromatic heterocycles. The Morgan fingerprint density at radius 2 is 1.85 bits per heavy atom. The molecule has 3 aromatic rings. The smallest absolute Gasteiger partial charge is 0.0613 e. The lowest BCUT2D eigenvalue weighted by atomic mass is 9.95. The minimum atomic E-state index is 0.514. The average Bonchev–Trinajstić information content (AvgIpc) is 3.08. The zero-order valence-electron chi connectivity index (χ0n) is 15.3. The van der Waals surface area contributed by atoms with Crippen LogP contribution in [-0.2, 0) is 6.42 Å². The molecule has 0 amide bonds. The van der Waals surface area contributed by atoms with Crippen molar-refractivity contribution in [3.63, 3.8) is 0 Å². The summed E-state index contributed by atoms with van der Waals surface area (Å²) < 4.78 is 0. The second-order valence-corrected chi connectivity index (χ2v) is 8.10. The second kappa shape index (κ2) is 8.52. The highest BCUT2D eigenvalue weighted by atomic mass is 35.5. The number of H-pyrrole nitrogens is 1. The number of rotatable bonds is 6. The van der Waals surface area contributed by atoms with Crippen molar-refractivity contribution in [1.29, 1.82) is 0 Å². The first kappa shape index (κ1) is 18.6. The number of aryl methyl sites for hydroxylation is 1. The Labute approximate surface area is 170 Å². The van der Waals surface area contributed by atoms with Gasteiger partial charge >= 0.3 is 0 Å². The van der Waals surface area contributed by atoms with E-state index in [0.29, 0.717) is 16.0 Å². The van der Waals surface area contributed by atoms with E-state index in [1.54, 1.807) is 0 Å². The summed E-state index contributed by atoms with van der Waals surface area (Å²) in [5.74, 6) is 0.514. The third-order valence-electron chi connectivity index (χ3n) is 5.39. The summed E-state index contributed by atoms with van der Waals surface area (Å²) >= 11 is 12.3. The molecule has 140 valence electrons. The number of nitrogens with zero attached hydrogens (tertiary/aromatic N) is 1. The molecule has 0 spiro atoms. The van der Waals surface area contributed by atoms with Crippen LogP contribution in [0.1, 0.15) is 29.9 Å². The van der Waals surface area contributed by atoms with Gasteiger partial charge in [0.2, 0.25) is 0 Å². The Morgan fingerprint density at radius 3 is 2.70 bits per heavy atom. The third-order valence-corrected chi connectivity index (χ3v) is 6.12. The van der Waals surface area contributed by atoms with Gasteiger partial charge in [0.25, 0.3) is 0 Å². The highest BCUT2D eigenvalue weighted by Crippen LogP contribution is 2.30. The molecular formula is C23H24Cl2N2. The molecule has 27 heavy (non-hydrogen) atoms. The van der Waals surface area contributed by atoms with Crippen LogP contribution in [0.2, 0.25) is 10.0 Å². The molecule has 0 fully saturated rings. The van der Waals surface area contributed by atoms with Crippen molar-refractivity contribution in [2.45, 2.75) is 25.2 Å². The molecule has 0 saturated carbocycles. The largest absolute Gasteiger partial charge is 0.361 e. The maximum atomic E-state index is 6.18. The van der Waals surface area contributed by atoms with Gasteiger partial charge in [0, 0.05) is 36.1 Å². The number of fused-ring (bicyclic) bond motifs is 1. The predicted molar refractivity (Wildman–Crippen MR) is 116 cm³/mol. The summed E-state index contributed by atoms with van der Waals surface area (Å²) in [6.45, 7) is 3.31. The molecule has 0 saturated heterocycles. The monoisotopic (exact) mass is 398 g/mol. The highest BCUT2D eigenvalue weighted by Gasteiger charge is 2.16. The van der Waals surface area contributed by atoms with E-state index in [-0.39, 0.29) is 0 Å². The van der Waals surface area contributed by atoms with Crippen LogP contribution in [0.5, 0.6) is 0 Å². The molecule has 2 nitrogen and oxygen atoms in total.